The van der Waals surface area contributed by atoms with Crippen LogP contribution in [0.1, 0.15) is 20.3 Å². The van der Waals surface area contributed by atoms with Gasteiger partial charge in [0.15, 0.2) is 0 Å². The van der Waals surface area contributed by atoms with Crippen molar-refractivity contribution in [1.29, 1.82) is 0 Å². The fourth-order valence-corrected chi connectivity index (χ4v) is 0.144. The van der Waals surface area contributed by atoms with Crippen molar-refractivity contribution in [2.24, 2.45) is 5.84 Å². The molecule has 4 N–H and O–H groups in total. The molecule has 9 heavy (non-hydrogen) atoms. The lowest BCUT2D eigenvalue weighted by molar-refractivity contribution is -0.134. The number of nitrogens with one attached hydrogen (secondary N) is 1. The number of hydrazine groups is 1. The van der Waals surface area contributed by atoms with Crippen LogP contribution < -0.4 is 11.3 Å². The Balaban J connectivity index is 0. The van der Waals surface area contributed by atoms with Crippen LogP contribution in [0.5, 0.6) is 0 Å². The summed E-state index contributed by atoms with van der Waals surface area (Å²) in [6.45, 7) is 4.07. The van der Waals surface area contributed by atoms with Crippen LogP contribution in [0.15, 0.2) is 0 Å². The number of carbonyl (C=O) groups is 1. The van der Waals surface area contributed by atoms with Gasteiger partial charge in [0.25, 0.3) is 5.97 Å². The van der Waals surface area contributed by atoms with Crippen LogP contribution in [-0.2, 0) is 4.79 Å². The maximum absolute atomic E-state index is 9.00. The fraction of sp³-hybridized carbons (Fsp3) is 0.800. The van der Waals surface area contributed by atoms with Crippen LogP contribution in [0.2, 0.25) is 0 Å². The van der Waals surface area contributed by atoms with Gasteiger partial charge < -0.3 is 5.11 Å². The van der Waals surface area contributed by atoms with E-state index in [-0.39, 0.29) is 0 Å². The van der Waals surface area contributed by atoms with Gasteiger partial charge in [0.05, 0.1) is 0 Å². The number of nitrogens with two attached hydrogens (primary N) is 1. The molecule has 0 atom stereocenters. The molecule has 0 heterocycles. The maximum atomic E-state index is 9.00. The molecule has 0 unspecified atom stereocenters. The maximum Gasteiger partial charge on any atom is 0.300 e. The first-order valence-electron chi connectivity index (χ1n) is 2.78. The quantitative estimate of drug-likeness (QED) is 0.365. The molecule has 0 aliphatic heterocycles. The molecule has 0 aromatic rings. The van der Waals surface area contributed by atoms with Gasteiger partial charge in [0.2, 0.25) is 0 Å². The van der Waals surface area contributed by atoms with E-state index in [9.17, 15) is 0 Å². The van der Waals surface area contributed by atoms with Crippen LogP contribution >= 0.6 is 0 Å². The average molecular weight is 134 g/mol. The van der Waals surface area contributed by atoms with Gasteiger partial charge in [-0.25, -0.2) is 0 Å². The van der Waals surface area contributed by atoms with Gasteiger partial charge in [-0.1, -0.05) is 6.92 Å². The standard InChI is InChI=1S/C3H10N2.C2H4O2/c1-2-3-5-4;1-2(3)4/h5H,2-4H2,1H3;1H3,(H,3,4). The van der Waals surface area contributed by atoms with E-state index in [4.69, 9.17) is 15.7 Å². The van der Waals surface area contributed by atoms with Gasteiger partial charge in [-0.3, -0.25) is 16.1 Å². The highest BCUT2D eigenvalue weighted by Crippen LogP contribution is 1.61. The van der Waals surface area contributed by atoms with E-state index in [0.29, 0.717) is 0 Å². The van der Waals surface area contributed by atoms with E-state index in [1.165, 1.54) is 0 Å². The molecule has 4 nitrogen and oxygen atoms in total. The van der Waals surface area contributed by atoms with E-state index >= 15 is 0 Å². The molecule has 0 aliphatic rings. The number of aliphatic carboxylic acids is 1. The van der Waals surface area contributed by atoms with Crippen molar-refractivity contribution in [3.63, 3.8) is 0 Å². The number of carboxylic acids is 1. The topological polar surface area (TPSA) is 75.3 Å². The molecule has 56 valence electrons. The monoisotopic (exact) mass is 134 g/mol. The summed E-state index contributed by atoms with van der Waals surface area (Å²) in [6.07, 6.45) is 1.11. The molecule has 0 spiro atoms. The molecule has 0 aliphatic carbocycles. The Bertz CT molecular complexity index is 60.0. The smallest absolute Gasteiger partial charge is 0.300 e. The normalized spacial score (nSPS) is 7.44. The van der Waals surface area contributed by atoms with E-state index in [1.54, 1.807) is 0 Å². The Kier molecular flexibility index (Phi) is 13.0. The van der Waals surface area contributed by atoms with Crippen LogP contribution in [0.4, 0.5) is 0 Å². The van der Waals surface area contributed by atoms with Crippen LogP contribution in [-0.4, -0.2) is 17.6 Å². The van der Waals surface area contributed by atoms with Gasteiger partial charge in [-0.2, -0.15) is 0 Å². The molecular formula is C5H14N2O2. The summed E-state index contributed by atoms with van der Waals surface area (Å²) >= 11 is 0. The number of hydrogen-bond acceptors (Lipinski definition) is 3. The van der Waals surface area contributed by atoms with Gasteiger partial charge in [-0.15, -0.1) is 0 Å². The molecule has 0 aromatic heterocycles. The van der Waals surface area contributed by atoms with Crippen LogP contribution in [0.25, 0.3) is 0 Å². The van der Waals surface area contributed by atoms with Gasteiger partial charge >= 0.3 is 0 Å². The predicted octanol–water partition coefficient (Wildman–Crippen LogP) is -0.0494. The Morgan fingerprint density at radius 3 is 2.11 bits per heavy atom. The molecular weight excluding hydrogens is 120 g/mol. The lowest BCUT2D eigenvalue weighted by Crippen LogP contribution is -2.21. The molecule has 4 heteroatoms. The zero-order valence-electron chi connectivity index (χ0n) is 5.85. The Hall–Kier alpha value is -0.610. The molecule has 0 amide bonds. The second-order valence-electron chi connectivity index (χ2n) is 1.47. The van der Waals surface area contributed by atoms with E-state index in [2.05, 4.69) is 12.3 Å². The molecule has 0 radical (unpaired) electrons. The highest BCUT2D eigenvalue weighted by atomic mass is 16.4. The molecule has 0 aromatic carbocycles. The summed E-state index contributed by atoms with van der Waals surface area (Å²) in [5.74, 6) is 4.06. The third kappa shape index (κ3) is 111. The SMILES string of the molecule is CC(=O)O.CCCNN. The van der Waals surface area contributed by atoms with E-state index < -0.39 is 5.97 Å². The predicted molar refractivity (Wildman–Crippen MR) is 35.8 cm³/mol. The van der Waals surface area contributed by atoms with Gasteiger partial charge in [0.1, 0.15) is 0 Å². The minimum Gasteiger partial charge on any atom is -0.481 e. The zero-order chi connectivity index (χ0) is 7.70. The second-order valence-corrected chi connectivity index (χ2v) is 1.47. The van der Waals surface area contributed by atoms with Crippen LogP contribution in [0, 0.1) is 0 Å². The first-order valence-corrected chi connectivity index (χ1v) is 2.78. The summed E-state index contributed by atoms with van der Waals surface area (Å²) in [5, 5.41) is 7.42. The third-order valence-electron chi connectivity index (χ3n) is 0.394. The third-order valence-corrected chi connectivity index (χ3v) is 0.394. The van der Waals surface area contributed by atoms with Crippen molar-refractivity contribution >= 4 is 5.97 Å². The molecule has 0 fully saturated rings. The Morgan fingerprint density at radius 1 is 1.78 bits per heavy atom. The lowest BCUT2D eigenvalue weighted by atomic mass is 10.5. The molecule has 0 rings (SSSR count). The number of rotatable bonds is 2. The largest absolute Gasteiger partial charge is 0.481 e. The lowest BCUT2D eigenvalue weighted by Gasteiger charge is -1.85. The summed E-state index contributed by atoms with van der Waals surface area (Å²) in [5.41, 5.74) is 2.52. The number of carboxylic acid groups (broad SMARTS) is 1. The average Bonchev–Trinajstić information content (AvgIpc) is 1.66. The van der Waals surface area contributed by atoms with Crippen molar-refractivity contribution in [1.82, 2.24) is 5.43 Å². The minimum absolute atomic E-state index is 0.833. The van der Waals surface area contributed by atoms with E-state index in [1.807, 2.05) is 0 Å². The minimum atomic E-state index is -0.833. The highest BCUT2D eigenvalue weighted by molar-refractivity contribution is 5.62. The second kappa shape index (κ2) is 10.4. The van der Waals surface area contributed by atoms with Crippen molar-refractivity contribution < 1.29 is 9.90 Å². The first-order chi connectivity index (χ1) is 4.15. The van der Waals surface area contributed by atoms with Crippen LogP contribution in [0.3, 0.4) is 0 Å². The van der Waals surface area contributed by atoms with Crippen molar-refractivity contribution in [3.8, 4) is 0 Å². The summed E-state index contributed by atoms with van der Waals surface area (Å²) in [6, 6.07) is 0. The van der Waals surface area contributed by atoms with Gasteiger partial charge in [0, 0.05) is 13.5 Å². The Morgan fingerprint density at radius 2 is 2.11 bits per heavy atom. The van der Waals surface area contributed by atoms with Crippen molar-refractivity contribution in [3.05, 3.63) is 0 Å². The number of hydrogen-bond donors (Lipinski definition) is 3. The highest BCUT2D eigenvalue weighted by Gasteiger charge is 1.65. The summed E-state index contributed by atoms with van der Waals surface area (Å²) in [7, 11) is 0. The molecule has 0 bridgehead atoms. The fourth-order valence-electron chi connectivity index (χ4n) is 0.144. The summed E-state index contributed by atoms with van der Waals surface area (Å²) in [4.78, 5) is 9.00. The van der Waals surface area contributed by atoms with Crippen molar-refractivity contribution in [2.45, 2.75) is 20.3 Å². The molecule has 0 saturated heterocycles. The Labute approximate surface area is 55.0 Å². The van der Waals surface area contributed by atoms with E-state index in [0.717, 1.165) is 19.9 Å². The first kappa shape index (κ1) is 11.2. The van der Waals surface area contributed by atoms with Gasteiger partial charge in [-0.05, 0) is 6.42 Å². The van der Waals surface area contributed by atoms with Crippen molar-refractivity contribution in [2.75, 3.05) is 6.54 Å². The zero-order valence-corrected chi connectivity index (χ0v) is 5.85. The summed E-state index contributed by atoms with van der Waals surface area (Å²) < 4.78 is 0. The molecule has 0 saturated carbocycles.